The summed E-state index contributed by atoms with van der Waals surface area (Å²) in [6, 6.07) is 6.46. The number of nitrogens with one attached hydrogen (secondary N) is 2. The van der Waals surface area contributed by atoms with Gasteiger partial charge in [-0.2, -0.15) is 0 Å². The number of anilines is 1. The largest absolute Gasteiger partial charge is 0.462 e. The van der Waals surface area contributed by atoms with Gasteiger partial charge in [-0.15, -0.1) is 0 Å². The van der Waals surface area contributed by atoms with E-state index in [-0.39, 0.29) is 11.8 Å². The van der Waals surface area contributed by atoms with Crippen molar-refractivity contribution in [2.45, 2.75) is 19.8 Å². The van der Waals surface area contributed by atoms with Crippen molar-refractivity contribution >= 4 is 23.5 Å². The second-order valence-corrected chi connectivity index (χ2v) is 7.04. The fourth-order valence-corrected chi connectivity index (χ4v) is 3.16. The monoisotopic (exact) mass is 389 g/mol. The molecule has 1 aliphatic carbocycles. The molecule has 1 aromatic rings. The quantitative estimate of drug-likeness (QED) is 0.509. The third kappa shape index (κ3) is 4.88. The van der Waals surface area contributed by atoms with E-state index in [1.807, 2.05) is 0 Å². The number of amides is 2. The van der Waals surface area contributed by atoms with E-state index in [1.165, 1.54) is 0 Å². The summed E-state index contributed by atoms with van der Waals surface area (Å²) in [5.74, 6) is -0.930. The standard InChI is InChI=1S/C20H27N3O5/c1-2-28-17(24)15-3-5-16(6-4-15)22-19(26)20(7-8-20)18(25)21-9-10-23-11-13-27-14-12-23/h3-6H,2,7-14H2,1H3,(H,21,25)(H,22,26). The molecule has 2 amide bonds. The van der Waals surface area contributed by atoms with Crippen LogP contribution in [0.2, 0.25) is 0 Å². The molecule has 28 heavy (non-hydrogen) atoms. The minimum atomic E-state index is -0.981. The third-order valence-corrected chi connectivity index (χ3v) is 5.09. The Bertz CT molecular complexity index is 709. The molecule has 152 valence electrons. The average molecular weight is 389 g/mol. The van der Waals surface area contributed by atoms with Crippen LogP contribution in [0.5, 0.6) is 0 Å². The normalized spacial score (nSPS) is 18.2. The maximum absolute atomic E-state index is 12.6. The minimum Gasteiger partial charge on any atom is -0.462 e. The summed E-state index contributed by atoms with van der Waals surface area (Å²) in [6.07, 6.45) is 1.09. The van der Waals surface area contributed by atoms with Gasteiger partial charge in [-0.05, 0) is 44.0 Å². The lowest BCUT2D eigenvalue weighted by Gasteiger charge is -2.26. The highest BCUT2D eigenvalue weighted by Gasteiger charge is 2.56. The Labute approximate surface area is 164 Å². The summed E-state index contributed by atoms with van der Waals surface area (Å²) in [6.45, 7) is 6.48. The van der Waals surface area contributed by atoms with Crippen molar-refractivity contribution in [3.8, 4) is 0 Å². The number of nitrogens with zero attached hydrogens (tertiary/aromatic N) is 1. The average Bonchev–Trinajstić information content (AvgIpc) is 3.52. The molecule has 1 saturated heterocycles. The van der Waals surface area contributed by atoms with Gasteiger partial charge >= 0.3 is 5.97 Å². The highest BCUT2D eigenvalue weighted by atomic mass is 16.5. The van der Waals surface area contributed by atoms with Gasteiger partial charge in [-0.1, -0.05) is 0 Å². The molecule has 3 rings (SSSR count). The first-order valence-electron chi connectivity index (χ1n) is 9.72. The molecule has 0 atom stereocenters. The van der Waals surface area contributed by atoms with Crippen molar-refractivity contribution in [2.24, 2.45) is 5.41 Å². The number of ether oxygens (including phenoxy) is 2. The first-order chi connectivity index (χ1) is 13.5. The Balaban J connectivity index is 1.48. The predicted molar refractivity (Wildman–Crippen MR) is 103 cm³/mol. The van der Waals surface area contributed by atoms with Crippen LogP contribution in [0.1, 0.15) is 30.1 Å². The van der Waals surface area contributed by atoms with Crippen molar-refractivity contribution in [1.82, 2.24) is 10.2 Å². The number of carbonyl (C=O) groups is 3. The fraction of sp³-hybridized carbons (Fsp3) is 0.550. The molecule has 0 unspecified atom stereocenters. The SMILES string of the molecule is CCOC(=O)c1ccc(NC(=O)C2(C(=O)NCCN3CCOCC3)CC2)cc1. The Morgan fingerprint density at radius 3 is 2.39 bits per heavy atom. The number of morpholine rings is 1. The summed E-state index contributed by atoms with van der Waals surface area (Å²) in [5, 5.41) is 5.68. The van der Waals surface area contributed by atoms with E-state index < -0.39 is 11.4 Å². The van der Waals surface area contributed by atoms with Crippen molar-refractivity contribution in [1.29, 1.82) is 0 Å². The minimum absolute atomic E-state index is 0.221. The highest BCUT2D eigenvalue weighted by molar-refractivity contribution is 6.13. The summed E-state index contributed by atoms with van der Waals surface area (Å²) in [4.78, 5) is 39.1. The van der Waals surface area contributed by atoms with Gasteiger partial charge in [0, 0.05) is 31.9 Å². The third-order valence-electron chi connectivity index (χ3n) is 5.09. The maximum atomic E-state index is 12.6. The van der Waals surface area contributed by atoms with E-state index in [0.29, 0.717) is 37.2 Å². The number of carbonyl (C=O) groups excluding carboxylic acids is 3. The molecule has 8 nitrogen and oxygen atoms in total. The van der Waals surface area contributed by atoms with E-state index in [9.17, 15) is 14.4 Å². The van der Waals surface area contributed by atoms with Crippen LogP contribution in [-0.2, 0) is 19.1 Å². The van der Waals surface area contributed by atoms with Crippen molar-refractivity contribution in [2.75, 3.05) is 51.3 Å². The Kier molecular flexibility index (Phi) is 6.64. The second-order valence-electron chi connectivity index (χ2n) is 7.04. The molecule has 2 aliphatic rings. The zero-order chi connectivity index (χ0) is 20.0. The first kappa shape index (κ1) is 20.3. The number of esters is 1. The van der Waals surface area contributed by atoms with Crippen molar-refractivity contribution in [3.63, 3.8) is 0 Å². The lowest BCUT2D eigenvalue weighted by Crippen LogP contribution is -2.45. The van der Waals surface area contributed by atoms with Gasteiger partial charge in [0.2, 0.25) is 11.8 Å². The van der Waals surface area contributed by atoms with Gasteiger partial charge in [-0.3, -0.25) is 14.5 Å². The molecular weight excluding hydrogens is 362 g/mol. The molecule has 2 fully saturated rings. The van der Waals surface area contributed by atoms with Crippen LogP contribution in [0.3, 0.4) is 0 Å². The lowest BCUT2D eigenvalue weighted by atomic mass is 10.0. The highest BCUT2D eigenvalue weighted by Crippen LogP contribution is 2.46. The summed E-state index contributed by atoms with van der Waals surface area (Å²) in [5.41, 5.74) is -0.0163. The first-order valence-corrected chi connectivity index (χ1v) is 9.72. The molecule has 0 radical (unpaired) electrons. The topological polar surface area (TPSA) is 97.0 Å². The van der Waals surface area contributed by atoms with Crippen LogP contribution in [0, 0.1) is 5.41 Å². The fourth-order valence-electron chi connectivity index (χ4n) is 3.16. The molecule has 0 aromatic heterocycles. The van der Waals surface area contributed by atoms with Gasteiger partial charge in [0.15, 0.2) is 0 Å². The van der Waals surface area contributed by atoms with Gasteiger partial charge in [0.1, 0.15) is 5.41 Å². The van der Waals surface area contributed by atoms with Crippen LogP contribution in [0.4, 0.5) is 5.69 Å². The van der Waals surface area contributed by atoms with E-state index in [2.05, 4.69) is 15.5 Å². The second kappa shape index (κ2) is 9.16. The molecule has 1 saturated carbocycles. The summed E-state index contributed by atoms with van der Waals surface area (Å²) in [7, 11) is 0. The van der Waals surface area contributed by atoms with E-state index in [4.69, 9.17) is 9.47 Å². The van der Waals surface area contributed by atoms with Crippen LogP contribution < -0.4 is 10.6 Å². The van der Waals surface area contributed by atoms with Gasteiger partial charge in [0.25, 0.3) is 0 Å². The molecule has 0 bridgehead atoms. The molecular formula is C20H27N3O5. The van der Waals surface area contributed by atoms with E-state index in [0.717, 1.165) is 32.8 Å². The predicted octanol–water partition coefficient (Wildman–Crippen LogP) is 1.03. The van der Waals surface area contributed by atoms with Crippen LogP contribution in [-0.4, -0.2) is 68.7 Å². The number of hydrogen-bond donors (Lipinski definition) is 2. The van der Waals surface area contributed by atoms with Crippen LogP contribution >= 0.6 is 0 Å². The number of rotatable bonds is 8. The van der Waals surface area contributed by atoms with Gasteiger partial charge in [-0.25, -0.2) is 4.79 Å². The molecule has 1 aromatic carbocycles. The zero-order valence-corrected chi connectivity index (χ0v) is 16.2. The smallest absolute Gasteiger partial charge is 0.338 e. The molecule has 8 heteroatoms. The molecule has 0 spiro atoms. The van der Waals surface area contributed by atoms with E-state index in [1.54, 1.807) is 31.2 Å². The zero-order valence-electron chi connectivity index (χ0n) is 16.2. The Morgan fingerprint density at radius 2 is 1.79 bits per heavy atom. The van der Waals surface area contributed by atoms with Crippen molar-refractivity contribution in [3.05, 3.63) is 29.8 Å². The number of benzene rings is 1. The van der Waals surface area contributed by atoms with Gasteiger partial charge < -0.3 is 20.1 Å². The lowest BCUT2D eigenvalue weighted by molar-refractivity contribution is -0.134. The summed E-state index contributed by atoms with van der Waals surface area (Å²) < 4.78 is 10.2. The van der Waals surface area contributed by atoms with E-state index >= 15 is 0 Å². The maximum Gasteiger partial charge on any atom is 0.338 e. The molecule has 1 aliphatic heterocycles. The van der Waals surface area contributed by atoms with Crippen LogP contribution in [0.15, 0.2) is 24.3 Å². The Hall–Kier alpha value is -2.45. The van der Waals surface area contributed by atoms with Crippen LogP contribution in [0.25, 0.3) is 0 Å². The molecule has 2 N–H and O–H groups in total. The summed E-state index contributed by atoms with van der Waals surface area (Å²) >= 11 is 0. The van der Waals surface area contributed by atoms with Gasteiger partial charge in [0.05, 0.1) is 25.4 Å². The number of hydrogen-bond acceptors (Lipinski definition) is 6. The molecule has 1 heterocycles. The van der Waals surface area contributed by atoms with Crippen molar-refractivity contribution < 1.29 is 23.9 Å². The Morgan fingerprint density at radius 1 is 1.11 bits per heavy atom.